The van der Waals surface area contributed by atoms with Gasteiger partial charge in [-0.2, -0.15) is 0 Å². The molecular weight excluding hydrogens is 423 g/mol. The number of halogens is 1. The summed E-state index contributed by atoms with van der Waals surface area (Å²) in [6.07, 6.45) is 11.1. The number of aromatic nitrogens is 3. The van der Waals surface area contributed by atoms with Gasteiger partial charge in [0.2, 0.25) is 0 Å². The van der Waals surface area contributed by atoms with Crippen molar-refractivity contribution in [2.75, 3.05) is 24.5 Å². The smallest absolute Gasteiger partial charge is 0.185 e. The summed E-state index contributed by atoms with van der Waals surface area (Å²) in [4.78, 5) is 16.9. The summed E-state index contributed by atoms with van der Waals surface area (Å²) in [7, 11) is 0. The van der Waals surface area contributed by atoms with Gasteiger partial charge in [-0.05, 0) is 62.0 Å². The molecule has 1 unspecified atom stereocenters. The highest BCUT2D eigenvalue weighted by Crippen LogP contribution is 2.33. The van der Waals surface area contributed by atoms with E-state index in [9.17, 15) is 4.39 Å². The Morgan fingerprint density at radius 2 is 2.06 bits per heavy atom. The Labute approximate surface area is 191 Å². The Balaban J connectivity index is 1.25. The SMILES string of the molecule is N=C(/C=C\c1ncc(-c2csc(N3CCCCC3)n2)[nH]1)N1CCCC1c1cccc(F)c1. The van der Waals surface area contributed by atoms with Crippen molar-refractivity contribution in [3.63, 3.8) is 0 Å². The number of H-pyrrole nitrogens is 1. The van der Waals surface area contributed by atoms with Crippen LogP contribution in [0, 0.1) is 11.2 Å². The van der Waals surface area contributed by atoms with Crippen molar-refractivity contribution in [3.8, 4) is 11.4 Å². The molecule has 2 aromatic heterocycles. The molecular formula is C24H27FN6S. The van der Waals surface area contributed by atoms with Crippen molar-refractivity contribution < 1.29 is 4.39 Å². The maximum Gasteiger partial charge on any atom is 0.185 e. The van der Waals surface area contributed by atoms with Gasteiger partial charge in [0.25, 0.3) is 0 Å². The fourth-order valence-corrected chi connectivity index (χ4v) is 5.42. The molecule has 166 valence electrons. The van der Waals surface area contributed by atoms with Gasteiger partial charge < -0.3 is 14.8 Å². The fourth-order valence-electron chi connectivity index (χ4n) is 4.54. The largest absolute Gasteiger partial charge is 0.350 e. The number of nitrogens with one attached hydrogen (secondary N) is 2. The standard InChI is InChI=1S/C24H27FN6S/c25-18-7-4-6-17(14-18)21-8-5-13-31(21)22(26)9-10-23-27-15-19(28-23)20-16-32-24(29-20)30-11-2-1-3-12-30/h4,6-7,9-10,14-16,21,26H,1-3,5,8,11-13H2,(H,27,28)/b10-9-,26-22?. The molecule has 0 bridgehead atoms. The van der Waals surface area contributed by atoms with Crippen molar-refractivity contribution in [1.82, 2.24) is 19.9 Å². The van der Waals surface area contributed by atoms with Gasteiger partial charge in [-0.1, -0.05) is 12.1 Å². The summed E-state index contributed by atoms with van der Waals surface area (Å²) in [5.41, 5.74) is 2.71. The van der Waals surface area contributed by atoms with Crippen LogP contribution in [-0.4, -0.2) is 45.3 Å². The van der Waals surface area contributed by atoms with Crippen LogP contribution in [0.3, 0.4) is 0 Å². The molecule has 2 aliphatic rings. The summed E-state index contributed by atoms with van der Waals surface area (Å²) in [6.45, 7) is 2.96. The van der Waals surface area contributed by atoms with E-state index in [0.29, 0.717) is 11.7 Å². The third-order valence-electron chi connectivity index (χ3n) is 6.18. The Morgan fingerprint density at radius 1 is 1.19 bits per heavy atom. The summed E-state index contributed by atoms with van der Waals surface area (Å²) >= 11 is 1.68. The van der Waals surface area contributed by atoms with E-state index in [1.807, 2.05) is 17.0 Å². The maximum absolute atomic E-state index is 13.7. The Kier molecular flexibility index (Phi) is 6.03. The second kappa shape index (κ2) is 9.24. The first kappa shape index (κ1) is 20.9. The van der Waals surface area contributed by atoms with Crippen molar-refractivity contribution in [1.29, 1.82) is 5.41 Å². The first-order chi connectivity index (χ1) is 15.7. The monoisotopic (exact) mass is 450 g/mol. The lowest BCUT2D eigenvalue weighted by molar-refractivity contribution is 0.399. The van der Waals surface area contributed by atoms with Gasteiger partial charge in [0.15, 0.2) is 5.13 Å². The van der Waals surface area contributed by atoms with Gasteiger partial charge in [-0.3, -0.25) is 5.41 Å². The fraction of sp³-hybridized carbons (Fsp3) is 0.375. The zero-order chi connectivity index (χ0) is 21.9. The van der Waals surface area contributed by atoms with Crippen LogP contribution in [0.1, 0.15) is 49.5 Å². The molecule has 1 aromatic carbocycles. The lowest BCUT2D eigenvalue weighted by Gasteiger charge is -2.26. The van der Waals surface area contributed by atoms with E-state index >= 15 is 0 Å². The van der Waals surface area contributed by atoms with E-state index in [2.05, 4.69) is 20.2 Å². The topological polar surface area (TPSA) is 71.9 Å². The van der Waals surface area contributed by atoms with Crippen LogP contribution in [0.15, 0.2) is 41.9 Å². The number of nitrogens with zero attached hydrogens (tertiary/aromatic N) is 4. The van der Waals surface area contributed by atoms with Crippen LogP contribution >= 0.6 is 11.3 Å². The molecule has 2 fully saturated rings. The second-order valence-corrected chi connectivity index (χ2v) is 9.21. The average molecular weight is 451 g/mol. The molecule has 8 heteroatoms. The van der Waals surface area contributed by atoms with Crippen molar-refractivity contribution in [2.24, 2.45) is 0 Å². The number of thiazole rings is 1. The maximum atomic E-state index is 13.7. The summed E-state index contributed by atoms with van der Waals surface area (Å²) in [5, 5.41) is 11.7. The molecule has 5 rings (SSSR count). The van der Waals surface area contributed by atoms with Gasteiger partial charge >= 0.3 is 0 Å². The number of likely N-dealkylation sites (tertiary alicyclic amines) is 1. The lowest BCUT2D eigenvalue weighted by Crippen LogP contribution is -2.29. The Morgan fingerprint density at radius 3 is 2.91 bits per heavy atom. The van der Waals surface area contributed by atoms with Crippen molar-refractivity contribution in [2.45, 2.75) is 38.1 Å². The number of rotatable bonds is 5. The summed E-state index contributed by atoms with van der Waals surface area (Å²) < 4.78 is 13.7. The van der Waals surface area contributed by atoms with E-state index in [1.54, 1.807) is 35.7 Å². The summed E-state index contributed by atoms with van der Waals surface area (Å²) in [5.74, 6) is 0.875. The van der Waals surface area contributed by atoms with E-state index in [-0.39, 0.29) is 11.9 Å². The third-order valence-corrected chi connectivity index (χ3v) is 7.09. The highest BCUT2D eigenvalue weighted by Gasteiger charge is 2.27. The number of anilines is 1. The van der Waals surface area contributed by atoms with Crippen LogP contribution in [0.2, 0.25) is 0 Å². The van der Waals surface area contributed by atoms with Crippen LogP contribution in [0.5, 0.6) is 0 Å². The second-order valence-electron chi connectivity index (χ2n) is 8.37. The minimum absolute atomic E-state index is 0.0400. The van der Waals surface area contributed by atoms with Gasteiger partial charge in [-0.25, -0.2) is 14.4 Å². The molecule has 3 aromatic rings. The van der Waals surface area contributed by atoms with Crippen LogP contribution < -0.4 is 4.90 Å². The van der Waals surface area contributed by atoms with Crippen LogP contribution in [-0.2, 0) is 0 Å². The van der Waals surface area contributed by atoms with Crippen molar-refractivity contribution in [3.05, 3.63) is 59.1 Å². The molecule has 0 aliphatic carbocycles. The molecule has 0 saturated carbocycles. The van der Waals surface area contributed by atoms with E-state index in [4.69, 9.17) is 10.4 Å². The number of benzene rings is 1. The molecule has 4 heterocycles. The normalized spacial score (nSPS) is 19.2. The number of hydrogen-bond donors (Lipinski definition) is 2. The minimum atomic E-state index is -0.231. The predicted molar refractivity (Wildman–Crippen MR) is 128 cm³/mol. The average Bonchev–Trinajstić information content (AvgIpc) is 3.58. The van der Waals surface area contributed by atoms with Gasteiger partial charge in [-0.15, -0.1) is 11.3 Å². The summed E-state index contributed by atoms with van der Waals surface area (Å²) in [6, 6.07) is 6.75. The number of imidazole rings is 1. The van der Waals surface area contributed by atoms with E-state index in [1.165, 1.54) is 25.3 Å². The van der Waals surface area contributed by atoms with E-state index in [0.717, 1.165) is 54.6 Å². The predicted octanol–water partition coefficient (Wildman–Crippen LogP) is 5.49. The quantitative estimate of drug-likeness (QED) is 0.398. The van der Waals surface area contributed by atoms with Gasteiger partial charge in [0.05, 0.1) is 17.9 Å². The molecule has 6 nitrogen and oxygen atoms in total. The first-order valence-corrected chi connectivity index (χ1v) is 12.1. The highest BCUT2D eigenvalue weighted by molar-refractivity contribution is 7.14. The molecule has 0 spiro atoms. The third kappa shape index (κ3) is 4.46. The molecule has 2 N–H and O–H groups in total. The highest BCUT2D eigenvalue weighted by atomic mass is 32.1. The number of hydrogen-bond acceptors (Lipinski definition) is 5. The number of piperidine rings is 1. The number of aromatic amines is 1. The van der Waals surface area contributed by atoms with E-state index < -0.39 is 0 Å². The van der Waals surface area contributed by atoms with Gasteiger partial charge in [0.1, 0.15) is 23.2 Å². The molecule has 0 amide bonds. The molecule has 1 atom stereocenters. The molecule has 32 heavy (non-hydrogen) atoms. The zero-order valence-electron chi connectivity index (χ0n) is 17.9. The Bertz CT molecular complexity index is 1110. The molecule has 2 saturated heterocycles. The minimum Gasteiger partial charge on any atom is -0.350 e. The molecule has 2 aliphatic heterocycles. The number of amidine groups is 1. The zero-order valence-corrected chi connectivity index (χ0v) is 18.7. The Hall–Kier alpha value is -3.00. The van der Waals surface area contributed by atoms with Crippen LogP contribution in [0.4, 0.5) is 9.52 Å². The van der Waals surface area contributed by atoms with Crippen molar-refractivity contribution >= 4 is 28.4 Å². The van der Waals surface area contributed by atoms with Crippen LogP contribution in [0.25, 0.3) is 17.5 Å². The first-order valence-electron chi connectivity index (χ1n) is 11.2. The van der Waals surface area contributed by atoms with Gasteiger partial charge in [0, 0.05) is 25.0 Å². The molecule has 0 radical (unpaired) electrons. The lowest BCUT2D eigenvalue weighted by atomic mass is 10.0.